The Kier molecular flexibility index (Phi) is 3.98. The van der Waals surface area contributed by atoms with E-state index < -0.39 is 6.10 Å². The minimum absolute atomic E-state index is 0.491. The van der Waals surface area contributed by atoms with Crippen molar-refractivity contribution in [1.82, 2.24) is 9.78 Å². The molecule has 17 heavy (non-hydrogen) atoms. The van der Waals surface area contributed by atoms with Gasteiger partial charge in [-0.1, -0.05) is 0 Å². The Labute approximate surface area is 107 Å². The van der Waals surface area contributed by atoms with Crippen LogP contribution in [0.2, 0.25) is 0 Å². The molecule has 0 saturated carbocycles. The van der Waals surface area contributed by atoms with Crippen molar-refractivity contribution in [3.63, 3.8) is 0 Å². The molecule has 1 atom stereocenters. The number of methoxy groups -OCH3 is 1. The van der Waals surface area contributed by atoms with Gasteiger partial charge in [0.05, 0.1) is 35.8 Å². The highest BCUT2D eigenvalue weighted by Crippen LogP contribution is 2.28. The number of nitrogens with zero attached hydrogens (tertiary/aromatic N) is 2. The molecule has 0 spiro atoms. The maximum Gasteiger partial charge on any atom is 0.154 e. The smallest absolute Gasteiger partial charge is 0.154 e. The van der Waals surface area contributed by atoms with Gasteiger partial charge in [-0.3, -0.25) is 4.68 Å². The summed E-state index contributed by atoms with van der Waals surface area (Å²) in [5, 5.41) is 14.4. The Balaban J connectivity index is 2.27. The van der Waals surface area contributed by atoms with Gasteiger partial charge in [-0.15, -0.1) is 0 Å². The summed E-state index contributed by atoms with van der Waals surface area (Å²) in [5.74, 6) is 0.491. The number of rotatable bonds is 5. The first-order valence-electron chi connectivity index (χ1n) is 5.15. The van der Waals surface area contributed by atoms with Crippen LogP contribution in [-0.4, -0.2) is 28.6 Å². The van der Waals surface area contributed by atoms with Gasteiger partial charge >= 0.3 is 0 Å². The predicted octanol–water partition coefficient (Wildman–Crippen LogP) is 1.97. The summed E-state index contributed by atoms with van der Waals surface area (Å²) >= 11 is 3.37. The lowest BCUT2D eigenvalue weighted by molar-refractivity contribution is 0.160. The summed E-state index contributed by atoms with van der Waals surface area (Å²) < 4.78 is 12.6. The molecule has 1 unspecified atom stereocenters. The summed E-state index contributed by atoms with van der Waals surface area (Å²) in [7, 11) is 1.63. The second-order valence-electron chi connectivity index (χ2n) is 3.51. The molecule has 0 radical (unpaired) electrons. The molecule has 0 amide bonds. The fourth-order valence-corrected chi connectivity index (χ4v) is 2.09. The van der Waals surface area contributed by atoms with Gasteiger partial charge < -0.3 is 14.3 Å². The fourth-order valence-electron chi connectivity index (χ4n) is 1.58. The predicted molar refractivity (Wildman–Crippen MR) is 64.6 cm³/mol. The van der Waals surface area contributed by atoms with Crippen LogP contribution in [0.3, 0.4) is 0 Å². The van der Waals surface area contributed by atoms with E-state index in [-0.39, 0.29) is 0 Å². The molecule has 0 aliphatic rings. The highest BCUT2D eigenvalue weighted by atomic mass is 79.9. The number of aliphatic hydroxyl groups is 1. The molecule has 2 heterocycles. The van der Waals surface area contributed by atoms with Crippen LogP contribution >= 0.6 is 15.9 Å². The van der Waals surface area contributed by atoms with E-state index in [0.29, 0.717) is 24.6 Å². The quantitative estimate of drug-likeness (QED) is 0.917. The van der Waals surface area contributed by atoms with E-state index in [1.54, 1.807) is 30.1 Å². The van der Waals surface area contributed by atoms with Crippen molar-refractivity contribution in [2.75, 3.05) is 13.7 Å². The molecule has 0 fully saturated rings. The van der Waals surface area contributed by atoms with Crippen LogP contribution in [-0.2, 0) is 11.3 Å². The molecule has 6 heteroatoms. The van der Waals surface area contributed by atoms with Crippen LogP contribution in [0.1, 0.15) is 17.6 Å². The van der Waals surface area contributed by atoms with Crippen molar-refractivity contribution in [2.45, 2.75) is 12.6 Å². The molecule has 92 valence electrons. The monoisotopic (exact) mass is 300 g/mol. The van der Waals surface area contributed by atoms with E-state index in [2.05, 4.69) is 21.0 Å². The largest absolute Gasteiger partial charge is 0.466 e. The third-order valence-corrected chi connectivity index (χ3v) is 3.02. The van der Waals surface area contributed by atoms with Crippen molar-refractivity contribution in [3.05, 3.63) is 40.5 Å². The van der Waals surface area contributed by atoms with Gasteiger partial charge in [0.2, 0.25) is 0 Å². The lowest BCUT2D eigenvalue weighted by atomic mass is 10.2. The second kappa shape index (κ2) is 5.48. The Morgan fingerprint density at radius 1 is 1.65 bits per heavy atom. The summed E-state index contributed by atoms with van der Waals surface area (Å²) in [4.78, 5) is 0. The average molecular weight is 301 g/mol. The van der Waals surface area contributed by atoms with Crippen LogP contribution in [0.4, 0.5) is 0 Å². The van der Waals surface area contributed by atoms with Crippen LogP contribution in [0.25, 0.3) is 0 Å². The number of hydrogen-bond donors (Lipinski definition) is 1. The van der Waals surface area contributed by atoms with Gasteiger partial charge in [0.15, 0.2) is 6.10 Å². The molecule has 0 aliphatic heterocycles. The Hall–Kier alpha value is -1.11. The fraction of sp³-hybridized carbons (Fsp3) is 0.364. The van der Waals surface area contributed by atoms with Gasteiger partial charge in [0.1, 0.15) is 5.76 Å². The summed E-state index contributed by atoms with van der Waals surface area (Å²) in [6.07, 6.45) is 2.35. The normalized spacial score (nSPS) is 12.9. The van der Waals surface area contributed by atoms with E-state index >= 15 is 0 Å². The van der Waals surface area contributed by atoms with E-state index in [9.17, 15) is 5.11 Å². The van der Waals surface area contributed by atoms with Crippen LogP contribution in [0.5, 0.6) is 0 Å². The van der Waals surface area contributed by atoms with Crippen molar-refractivity contribution in [3.8, 4) is 0 Å². The highest BCUT2D eigenvalue weighted by molar-refractivity contribution is 9.10. The first kappa shape index (κ1) is 12.3. The van der Waals surface area contributed by atoms with Gasteiger partial charge in [0, 0.05) is 7.11 Å². The zero-order valence-corrected chi connectivity index (χ0v) is 10.9. The maximum atomic E-state index is 10.2. The Morgan fingerprint density at radius 2 is 2.47 bits per heavy atom. The maximum absolute atomic E-state index is 10.2. The topological polar surface area (TPSA) is 60.4 Å². The summed E-state index contributed by atoms with van der Waals surface area (Å²) in [6.45, 7) is 1.11. The van der Waals surface area contributed by atoms with Crippen molar-refractivity contribution >= 4 is 15.9 Å². The molecule has 2 aromatic heterocycles. The third kappa shape index (κ3) is 2.59. The van der Waals surface area contributed by atoms with E-state index in [1.807, 2.05) is 0 Å². The van der Waals surface area contributed by atoms with Gasteiger partial charge in [0.25, 0.3) is 0 Å². The van der Waals surface area contributed by atoms with E-state index in [1.165, 1.54) is 6.26 Å². The molecule has 0 bridgehead atoms. The molecule has 2 aromatic rings. The molecule has 5 nitrogen and oxygen atoms in total. The van der Waals surface area contributed by atoms with E-state index in [4.69, 9.17) is 9.15 Å². The number of hydrogen-bond acceptors (Lipinski definition) is 4. The SMILES string of the molecule is COCCn1ncc(Br)c1C(O)c1ccco1. The van der Waals surface area contributed by atoms with Crippen molar-refractivity contribution < 1.29 is 14.3 Å². The molecule has 0 aromatic carbocycles. The lowest BCUT2D eigenvalue weighted by Gasteiger charge is -2.12. The van der Waals surface area contributed by atoms with Gasteiger partial charge in [-0.05, 0) is 28.1 Å². The van der Waals surface area contributed by atoms with Gasteiger partial charge in [-0.25, -0.2) is 0 Å². The lowest BCUT2D eigenvalue weighted by Crippen LogP contribution is -2.13. The standard InChI is InChI=1S/C11H13BrN2O3/c1-16-6-4-14-10(8(12)7-13-14)11(15)9-3-2-5-17-9/h2-3,5,7,11,15H,4,6H2,1H3. The van der Waals surface area contributed by atoms with Crippen molar-refractivity contribution in [1.29, 1.82) is 0 Å². The average Bonchev–Trinajstić information content (AvgIpc) is 2.95. The van der Waals surface area contributed by atoms with Crippen LogP contribution in [0.15, 0.2) is 33.5 Å². The van der Waals surface area contributed by atoms with Crippen LogP contribution in [0, 0.1) is 0 Å². The second-order valence-corrected chi connectivity index (χ2v) is 4.37. The molecule has 0 saturated heterocycles. The van der Waals surface area contributed by atoms with Gasteiger partial charge in [-0.2, -0.15) is 5.10 Å². The number of furan rings is 1. The molecule has 0 aliphatic carbocycles. The number of aromatic nitrogens is 2. The Bertz CT molecular complexity index is 467. The Morgan fingerprint density at radius 3 is 3.12 bits per heavy atom. The first-order valence-corrected chi connectivity index (χ1v) is 5.95. The molecule has 2 rings (SSSR count). The molecular formula is C11H13BrN2O3. The van der Waals surface area contributed by atoms with Crippen molar-refractivity contribution in [2.24, 2.45) is 0 Å². The summed E-state index contributed by atoms with van der Waals surface area (Å²) in [5.41, 5.74) is 0.664. The number of halogens is 1. The highest BCUT2D eigenvalue weighted by Gasteiger charge is 2.21. The number of ether oxygens (including phenoxy) is 1. The van der Waals surface area contributed by atoms with E-state index in [0.717, 1.165) is 4.47 Å². The summed E-state index contributed by atoms with van der Waals surface area (Å²) in [6, 6.07) is 3.47. The molecule has 1 N–H and O–H groups in total. The van der Waals surface area contributed by atoms with Crippen LogP contribution < -0.4 is 0 Å². The first-order chi connectivity index (χ1) is 8.24. The molecular weight excluding hydrogens is 288 g/mol. The zero-order valence-electron chi connectivity index (χ0n) is 9.34. The minimum Gasteiger partial charge on any atom is -0.466 e. The zero-order chi connectivity index (χ0) is 12.3. The number of aliphatic hydroxyl groups excluding tert-OH is 1. The minimum atomic E-state index is -0.835. The third-order valence-electron chi connectivity index (χ3n) is 2.41.